The van der Waals surface area contributed by atoms with Crippen molar-refractivity contribution in [1.29, 1.82) is 0 Å². The fourth-order valence-electron chi connectivity index (χ4n) is 2.97. The molecule has 1 atom stereocenters. The van der Waals surface area contributed by atoms with Crippen LogP contribution >= 0.6 is 0 Å². The standard InChI is InChI=1S/C23H25N5O4/c1-14-20(15(2)28(4)27-14)26-21(29)16(3)32-22(30)17-10-12-19(13-11-17)25-23(31)24-18-8-6-5-7-9-18/h5-13,16H,1-4H3,(H,26,29)(H2,24,25,31). The zero-order valence-corrected chi connectivity index (χ0v) is 18.3. The third kappa shape index (κ3) is 5.51. The molecule has 0 bridgehead atoms. The quantitative estimate of drug-likeness (QED) is 0.509. The first-order valence-electron chi connectivity index (χ1n) is 9.99. The van der Waals surface area contributed by atoms with Gasteiger partial charge in [0.1, 0.15) is 0 Å². The van der Waals surface area contributed by atoms with Gasteiger partial charge in [-0.15, -0.1) is 0 Å². The summed E-state index contributed by atoms with van der Waals surface area (Å²) in [5.41, 5.74) is 3.50. The highest BCUT2D eigenvalue weighted by Crippen LogP contribution is 2.19. The first-order valence-corrected chi connectivity index (χ1v) is 9.99. The number of nitrogens with zero attached hydrogens (tertiary/aromatic N) is 2. The summed E-state index contributed by atoms with van der Waals surface area (Å²) in [5.74, 6) is -1.10. The van der Waals surface area contributed by atoms with Gasteiger partial charge < -0.3 is 20.7 Å². The normalized spacial score (nSPS) is 11.4. The van der Waals surface area contributed by atoms with Gasteiger partial charge in [0.15, 0.2) is 6.10 Å². The number of carbonyl (C=O) groups excluding carboxylic acids is 3. The summed E-state index contributed by atoms with van der Waals surface area (Å²) in [7, 11) is 1.78. The molecule has 0 aliphatic heterocycles. The van der Waals surface area contributed by atoms with Crippen molar-refractivity contribution in [2.45, 2.75) is 26.9 Å². The summed E-state index contributed by atoms with van der Waals surface area (Å²) < 4.78 is 6.94. The minimum absolute atomic E-state index is 0.257. The molecule has 0 spiro atoms. The average Bonchev–Trinajstić information content (AvgIpc) is 3.00. The third-order valence-electron chi connectivity index (χ3n) is 4.82. The lowest BCUT2D eigenvalue weighted by atomic mass is 10.2. The van der Waals surface area contributed by atoms with E-state index in [1.165, 1.54) is 19.1 Å². The van der Waals surface area contributed by atoms with Crippen molar-refractivity contribution in [3.63, 3.8) is 0 Å². The van der Waals surface area contributed by atoms with E-state index in [0.717, 1.165) is 5.69 Å². The maximum absolute atomic E-state index is 12.4. The molecule has 1 aromatic heterocycles. The molecule has 0 radical (unpaired) electrons. The first-order chi connectivity index (χ1) is 15.2. The summed E-state index contributed by atoms with van der Waals surface area (Å²) >= 11 is 0. The number of hydrogen-bond donors (Lipinski definition) is 3. The van der Waals surface area contributed by atoms with Gasteiger partial charge in [-0.25, -0.2) is 9.59 Å². The van der Waals surface area contributed by atoms with Crippen LogP contribution in [0.3, 0.4) is 0 Å². The van der Waals surface area contributed by atoms with Crippen molar-refractivity contribution in [3.8, 4) is 0 Å². The minimum atomic E-state index is -1.00. The smallest absolute Gasteiger partial charge is 0.338 e. The maximum atomic E-state index is 12.4. The number of para-hydroxylation sites is 1. The molecule has 166 valence electrons. The highest BCUT2D eigenvalue weighted by molar-refractivity contribution is 6.00. The van der Waals surface area contributed by atoms with Gasteiger partial charge in [-0.1, -0.05) is 18.2 Å². The van der Waals surface area contributed by atoms with Gasteiger partial charge >= 0.3 is 12.0 Å². The Morgan fingerprint density at radius 2 is 1.50 bits per heavy atom. The van der Waals surface area contributed by atoms with Gasteiger partial charge in [-0.2, -0.15) is 5.10 Å². The number of urea groups is 1. The molecule has 0 saturated heterocycles. The molecular weight excluding hydrogens is 410 g/mol. The maximum Gasteiger partial charge on any atom is 0.338 e. The third-order valence-corrected chi connectivity index (χ3v) is 4.82. The molecule has 0 fully saturated rings. The highest BCUT2D eigenvalue weighted by Gasteiger charge is 2.21. The van der Waals surface area contributed by atoms with Gasteiger partial charge in [-0.05, 0) is 57.2 Å². The summed E-state index contributed by atoms with van der Waals surface area (Å²) in [6.07, 6.45) is -1.00. The van der Waals surface area contributed by atoms with E-state index in [1.54, 1.807) is 42.9 Å². The lowest BCUT2D eigenvalue weighted by Crippen LogP contribution is -2.30. The predicted octanol–water partition coefficient (Wildman–Crippen LogP) is 3.86. The number of hydrogen-bond acceptors (Lipinski definition) is 5. The van der Waals surface area contributed by atoms with Gasteiger partial charge in [0.25, 0.3) is 5.91 Å². The largest absolute Gasteiger partial charge is 0.449 e. The van der Waals surface area contributed by atoms with Gasteiger partial charge in [-0.3, -0.25) is 9.48 Å². The van der Waals surface area contributed by atoms with Crippen LogP contribution < -0.4 is 16.0 Å². The molecule has 3 aromatic rings. The minimum Gasteiger partial charge on any atom is -0.449 e. The van der Waals surface area contributed by atoms with E-state index < -0.39 is 24.0 Å². The molecule has 0 saturated carbocycles. The van der Waals surface area contributed by atoms with E-state index in [2.05, 4.69) is 21.0 Å². The second-order valence-corrected chi connectivity index (χ2v) is 7.23. The Morgan fingerprint density at radius 1 is 0.906 bits per heavy atom. The number of benzene rings is 2. The van der Waals surface area contributed by atoms with E-state index in [-0.39, 0.29) is 5.56 Å². The van der Waals surface area contributed by atoms with Crippen molar-refractivity contribution < 1.29 is 19.1 Å². The predicted molar refractivity (Wildman–Crippen MR) is 122 cm³/mol. The second-order valence-electron chi connectivity index (χ2n) is 7.23. The van der Waals surface area contributed by atoms with Crippen LogP contribution in [-0.4, -0.2) is 33.8 Å². The molecule has 3 amide bonds. The van der Waals surface area contributed by atoms with Crippen molar-refractivity contribution in [2.75, 3.05) is 16.0 Å². The summed E-state index contributed by atoms with van der Waals surface area (Å²) in [6, 6.07) is 14.8. The first kappa shape index (κ1) is 22.5. The van der Waals surface area contributed by atoms with E-state index in [1.807, 2.05) is 25.1 Å². The van der Waals surface area contributed by atoms with E-state index in [0.29, 0.717) is 22.8 Å². The van der Waals surface area contributed by atoms with Crippen LogP contribution in [0, 0.1) is 13.8 Å². The molecule has 9 heteroatoms. The Bertz CT molecular complexity index is 1120. The number of amides is 3. The zero-order valence-electron chi connectivity index (χ0n) is 18.3. The Labute approximate surface area is 185 Å². The molecule has 3 N–H and O–H groups in total. The van der Waals surface area contributed by atoms with Crippen LogP contribution in [0.2, 0.25) is 0 Å². The number of rotatable bonds is 6. The van der Waals surface area contributed by atoms with E-state index in [9.17, 15) is 14.4 Å². The average molecular weight is 435 g/mol. The number of esters is 1. The fourth-order valence-corrected chi connectivity index (χ4v) is 2.97. The molecule has 32 heavy (non-hydrogen) atoms. The molecule has 3 rings (SSSR count). The molecule has 9 nitrogen and oxygen atoms in total. The van der Waals surface area contributed by atoms with Crippen molar-refractivity contribution in [3.05, 3.63) is 71.5 Å². The van der Waals surface area contributed by atoms with E-state index >= 15 is 0 Å². The van der Waals surface area contributed by atoms with Crippen molar-refractivity contribution >= 4 is 35.0 Å². The lowest BCUT2D eigenvalue weighted by Gasteiger charge is -2.14. The van der Waals surface area contributed by atoms with Crippen LogP contribution in [0.1, 0.15) is 28.7 Å². The van der Waals surface area contributed by atoms with Crippen LogP contribution in [0.15, 0.2) is 54.6 Å². The number of aryl methyl sites for hydroxylation is 2. The number of carbonyl (C=O) groups is 3. The number of aromatic nitrogens is 2. The molecular formula is C23H25N5O4. The number of anilines is 3. The summed E-state index contributed by atoms with van der Waals surface area (Å²) in [5, 5.41) is 12.4. The number of ether oxygens (including phenoxy) is 1. The van der Waals surface area contributed by atoms with Gasteiger partial charge in [0.05, 0.1) is 22.6 Å². The Kier molecular flexibility index (Phi) is 6.89. The number of nitrogens with one attached hydrogen (secondary N) is 3. The Hall–Kier alpha value is -4.14. The Morgan fingerprint density at radius 3 is 2.06 bits per heavy atom. The molecule has 0 aliphatic carbocycles. The fraction of sp³-hybridized carbons (Fsp3) is 0.217. The monoisotopic (exact) mass is 435 g/mol. The van der Waals surface area contributed by atoms with Gasteiger partial charge in [0.2, 0.25) is 0 Å². The topological polar surface area (TPSA) is 114 Å². The SMILES string of the molecule is Cc1nn(C)c(C)c1NC(=O)C(C)OC(=O)c1ccc(NC(=O)Nc2ccccc2)cc1. The van der Waals surface area contributed by atoms with Crippen molar-refractivity contribution in [2.24, 2.45) is 7.05 Å². The van der Waals surface area contributed by atoms with Crippen LogP contribution in [0.5, 0.6) is 0 Å². The zero-order chi connectivity index (χ0) is 23.3. The highest BCUT2D eigenvalue weighted by atomic mass is 16.5. The summed E-state index contributed by atoms with van der Waals surface area (Å²) in [6.45, 7) is 5.12. The van der Waals surface area contributed by atoms with Crippen LogP contribution in [0.4, 0.5) is 21.9 Å². The van der Waals surface area contributed by atoms with E-state index in [4.69, 9.17) is 4.74 Å². The van der Waals surface area contributed by atoms with Gasteiger partial charge in [0, 0.05) is 18.4 Å². The molecule has 2 aromatic carbocycles. The van der Waals surface area contributed by atoms with Crippen LogP contribution in [0.25, 0.3) is 0 Å². The lowest BCUT2D eigenvalue weighted by molar-refractivity contribution is -0.123. The Balaban J connectivity index is 1.54. The molecule has 1 unspecified atom stereocenters. The molecule has 1 heterocycles. The summed E-state index contributed by atoms with van der Waals surface area (Å²) in [4.78, 5) is 36.9. The van der Waals surface area contributed by atoms with Crippen molar-refractivity contribution in [1.82, 2.24) is 9.78 Å². The second kappa shape index (κ2) is 9.78. The van der Waals surface area contributed by atoms with Crippen LogP contribution in [-0.2, 0) is 16.6 Å². The molecule has 0 aliphatic rings.